The molecule has 1 heterocycles. The van der Waals surface area contributed by atoms with E-state index in [0.717, 1.165) is 4.90 Å². The van der Waals surface area contributed by atoms with Crippen molar-refractivity contribution in [2.45, 2.75) is 19.9 Å². The fraction of sp³-hybridized carbons (Fsp3) is 0.250. The quantitative estimate of drug-likeness (QED) is 0.761. The summed E-state index contributed by atoms with van der Waals surface area (Å²) in [5, 5.41) is 0. The third kappa shape index (κ3) is 3.53. The van der Waals surface area contributed by atoms with Crippen LogP contribution < -0.4 is 9.80 Å². The van der Waals surface area contributed by atoms with Gasteiger partial charge in [-0.05, 0) is 50.2 Å². The van der Waals surface area contributed by atoms with E-state index in [1.807, 2.05) is 25.1 Å². The molecule has 0 bridgehead atoms. The van der Waals surface area contributed by atoms with Crippen molar-refractivity contribution in [2.75, 3.05) is 22.9 Å². The molecule has 0 aromatic heterocycles. The number of nitrogens with zero attached hydrogens (tertiary/aromatic N) is 3. The van der Waals surface area contributed by atoms with Crippen molar-refractivity contribution in [3.63, 3.8) is 0 Å². The van der Waals surface area contributed by atoms with Crippen molar-refractivity contribution in [1.29, 1.82) is 0 Å². The first-order valence-corrected chi connectivity index (χ1v) is 8.69. The number of hydrogen-bond donors (Lipinski definition) is 0. The first-order chi connectivity index (χ1) is 12.9. The predicted molar refractivity (Wildman–Crippen MR) is 99.9 cm³/mol. The molecule has 0 N–H and O–H groups in total. The number of hydrogen-bond acceptors (Lipinski definition) is 3. The van der Waals surface area contributed by atoms with E-state index < -0.39 is 23.8 Å². The number of carbonyl (C=O) groups is 3. The van der Waals surface area contributed by atoms with Crippen molar-refractivity contribution in [1.82, 2.24) is 4.90 Å². The molecule has 1 atom stereocenters. The van der Waals surface area contributed by atoms with Crippen molar-refractivity contribution in [3.8, 4) is 0 Å². The first-order valence-electron chi connectivity index (χ1n) is 8.69. The summed E-state index contributed by atoms with van der Waals surface area (Å²) >= 11 is 0. The molecule has 1 saturated heterocycles. The second kappa shape index (κ2) is 7.57. The van der Waals surface area contributed by atoms with Gasteiger partial charge in [-0.15, -0.1) is 0 Å². The van der Waals surface area contributed by atoms with Gasteiger partial charge in [0.05, 0.1) is 0 Å². The normalized spacial score (nSPS) is 16.8. The topological polar surface area (TPSA) is 60.9 Å². The van der Waals surface area contributed by atoms with Crippen LogP contribution in [0.25, 0.3) is 0 Å². The standard InChI is InChI=1S/C20H20FN3O3/c1-3-22(16-7-5-4-6-8-16)18(25)13-23-19(26)14(2)24(20(23)27)17-11-9-15(21)10-12-17/h4-12,14H,3,13H2,1-2H3/t14-/m1/s1. The highest BCUT2D eigenvalue weighted by molar-refractivity contribution is 6.16. The Labute approximate surface area is 156 Å². The van der Waals surface area contributed by atoms with Gasteiger partial charge >= 0.3 is 6.03 Å². The van der Waals surface area contributed by atoms with Crippen LogP contribution in [0.5, 0.6) is 0 Å². The second-order valence-corrected chi connectivity index (χ2v) is 6.20. The van der Waals surface area contributed by atoms with Gasteiger partial charge in [0.15, 0.2) is 0 Å². The maximum atomic E-state index is 13.2. The maximum absolute atomic E-state index is 13.2. The average molecular weight is 369 g/mol. The second-order valence-electron chi connectivity index (χ2n) is 6.20. The third-order valence-electron chi connectivity index (χ3n) is 4.53. The average Bonchev–Trinajstić information content (AvgIpc) is 2.88. The molecule has 4 amide bonds. The van der Waals surface area contributed by atoms with E-state index >= 15 is 0 Å². The Balaban J connectivity index is 1.80. The molecule has 6 nitrogen and oxygen atoms in total. The lowest BCUT2D eigenvalue weighted by molar-refractivity contribution is -0.131. The summed E-state index contributed by atoms with van der Waals surface area (Å²) in [6, 6.07) is 13.0. The number of rotatable bonds is 5. The van der Waals surface area contributed by atoms with Crippen LogP contribution in [0.3, 0.4) is 0 Å². The van der Waals surface area contributed by atoms with Gasteiger partial charge in [0.1, 0.15) is 18.4 Å². The number of urea groups is 1. The smallest absolute Gasteiger partial charge is 0.311 e. The van der Waals surface area contributed by atoms with Crippen LogP contribution in [0.2, 0.25) is 0 Å². The van der Waals surface area contributed by atoms with E-state index in [1.165, 1.54) is 34.1 Å². The molecule has 0 unspecified atom stereocenters. The van der Waals surface area contributed by atoms with Gasteiger partial charge in [-0.3, -0.25) is 19.4 Å². The largest absolute Gasteiger partial charge is 0.332 e. The van der Waals surface area contributed by atoms with Gasteiger partial charge in [-0.1, -0.05) is 18.2 Å². The van der Waals surface area contributed by atoms with Crippen molar-refractivity contribution in [2.24, 2.45) is 0 Å². The molecule has 1 fully saturated rings. The highest BCUT2D eigenvalue weighted by Crippen LogP contribution is 2.26. The van der Waals surface area contributed by atoms with Crippen LogP contribution in [0.15, 0.2) is 54.6 Å². The maximum Gasteiger partial charge on any atom is 0.332 e. The predicted octanol–water partition coefficient (Wildman–Crippen LogP) is 3.04. The molecule has 140 valence electrons. The number of anilines is 2. The minimum absolute atomic E-state index is 0.345. The van der Waals surface area contributed by atoms with Gasteiger partial charge in [0, 0.05) is 17.9 Å². The lowest BCUT2D eigenvalue weighted by Crippen LogP contribution is -2.43. The minimum atomic E-state index is -0.762. The van der Waals surface area contributed by atoms with E-state index in [9.17, 15) is 18.8 Å². The van der Waals surface area contributed by atoms with Crippen LogP contribution >= 0.6 is 0 Å². The SMILES string of the molecule is CCN(C(=O)CN1C(=O)[C@@H](C)N(c2ccc(F)cc2)C1=O)c1ccccc1. The number of carbonyl (C=O) groups excluding carboxylic acids is 3. The summed E-state index contributed by atoms with van der Waals surface area (Å²) < 4.78 is 13.2. The number of amides is 4. The zero-order valence-electron chi connectivity index (χ0n) is 15.1. The lowest BCUT2D eigenvalue weighted by Gasteiger charge is -2.23. The van der Waals surface area contributed by atoms with Crippen LogP contribution in [-0.4, -0.2) is 41.9 Å². The fourth-order valence-corrected chi connectivity index (χ4v) is 3.14. The Bertz CT molecular complexity index is 855. The molecule has 0 spiro atoms. The van der Waals surface area contributed by atoms with Crippen LogP contribution in [-0.2, 0) is 9.59 Å². The van der Waals surface area contributed by atoms with E-state index in [1.54, 1.807) is 19.1 Å². The lowest BCUT2D eigenvalue weighted by atomic mass is 10.2. The van der Waals surface area contributed by atoms with Crippen molar-refractivity contribution < 1.29 is 18.8 Å². The Morgan fingerprint density at radius 3 is 2.30 bits per heavy atom. The number of para-hydroxylation sites is 1. The van der Waals surface area contributed by atoms with Crippen molar-refractivity contribution in [3.05, 3.63) is 60.4 Å². The zero-order chi connectivity index (χ0) is 19.6. The number of benzene rings is 2. The van der Waals surface area contributed by atoms with Gasteiger partial charge in [-0.2, -0.15) is 0 Å². The van der Waals surface area contributed by atoms with Crippen LogP contribution in [0.1, 0.15) is 13.8 Å². The summed E-state index contributed by atoms with van der Waals surface area (Å²) in [4.78, 5) is 41.8. The first kappa shape index (κ1) is 18.6. The molecule has 2 aromatic rings. The highest BCUT2D eigenvalue weighted by Gasteiger charge is 2.44. The van der Waals surface area contributed by atoms with Gasteiger partial charge in [0.2, 0.25) is 5.91 Å². The minimum Gasteiger partial charge on any atom is -0.311 e. The number of halogens is 1. The summed E-state index contributed by atoms with van der Waals surface area (Å²) in [7, 11) is 0. The third-order valence-corrected chi connectivity index (χ3v) is 4.53. The summed E-state index contributed by atoms with van der Waals surface area (Å²) in [5.74, 6) is -1.24. The Hall–Kier alpha value is -3.22. The highest BCUT2D eigenvalue weighted by atomic mass is 19.1. The molecule has 7 heteroatoms. The van der Waals surface area contributed by atoms with Crippen LogP contribution in [0.4, 0.5) is 20.6 Å². The Kier molecular flexibility index (Phi) is 5.21. The molecule has 1 aliphatic rings. The number of imide groups is 1. The molecule has 0 radical (unpaired) electrons. The Morgan fingerprint density at radius 1 is 1.07 bits per heavy atom. The van der Waals surface area contributed by atoms with E-state index in [2.05, 4.69) is 0 Å². The monoisotopic (exact) mass is 369 g/mol. The molecule has 3 rings (SSSR count). The van der Waals surface area contributed by atoms with E-state index in [4.69, 9.17) is 0 Å². The zero-order valence-corrected chi connectivity index (χ0v) is 15.1. The number of likely N-dealkylation sites (N-methyl/N-ethyl adjacent to an activating group) is 1. The Morgan fingerprint density at radius 2 is 1.70 bits per heavy atom. The summed E-state index contributed by atoms with van der Waals surface area (Å²) in [5.41, 5.74) is 1.11. The summed E-state index contributed by atoms with van der Waals surface area (Å²) in [6.45, 7) is 3.48. The summed E-state index contributed by atoms with van der Waals surface area (Å²) in [6.07, 6.45) is 0. The molecule has 2 aromatic carbocycles. The fourth-order valence-electron chi connectivity index (χ4n) is 3.14. The van der Waals surface area contributed by atoms with Gasteiger partial charge in [-0.25, -0.2) is 9.18 Å². The molecule has 27 heavy (non-hydrogen) atoms. The van der Waals surface area contributed by atoms with Gasteiger partial charge in [0.25, 0.3) is 5.91 Å². The van der Waals surface area contributed by atoms with Crippen molar-refractivity contribution >= 4 is 29.2 Å². The molecular weight excluding hydrogens is 349 g/mol. The molecular formula is C20H20FN3O3. The molecule has 0 saturated carbocycles. The van der Waals surface area contributed by atoms with E-state index in [-0.39, 0.29) is 12.5 Å². The van der Waals surface area contributed by atoms with E-state index in [0.29, 0.717) is 17.9 Å². The van der Waals surface area contributed by atoms with Gasteiger partial charge < -0.3 is 4.90 Å². The molecule has 0 aliphatic carbocycles. The van der Waals surface area contributed by atoms with Crippen LogP contribution in [0, 0.1) is 5.82 Å². The molecule has 1 aliphatic heterocycles.